The molecule has 7 heteroatoms. The molecule has 0 radical (unpaired) electrons. The van der Waals surface area contributed by atoms with Crippen molar-refractivity contribution < 1.29 is 13.8 Å². The van der Waals surface area contributed by atoms with E-state index in [4.69, 9.17) is 11.6 Å². The molecule has 0 unspecified atom stereocenters. The van der Waals surface area contributed by atoms with Crippen LogP contribution in [0.4, 0.5) is 5.69 Å². The van der Waals surface area contributed by atoms with Gasteiger partial charge in [-0.1, -0.05) is 60.1 Å². The van der Waals surface area contributed by atoms with E-state index in [0.29, 0.717) is 44.7 Å². The lowest BCUT2D eigenvalue weighted by Gasteiger charge is -2.24. The summed E-state index contributed by atoms with van der Waals surface area (Å²) in [5, 5.41) is 3.54. The summed E-state index contributed by atoms with van der Waals surface area (Å²) >= 11 is 5.95. The quantitative estimate of drug-likeness (QED) is 0.360. The van der Waals surface area contributed by atoms with E-state index in [0.717, 1.165) is 16.7 Å². The van der Waals surface area contributed by atoms with Crippen LogP contribution in [0, 0.1) is 6.92 Å². The third-order valence-electron chi connectivity index (χ3n) is 6.23. The van der Waals surface area contributed by atoms with Crippen LogP contribution in [0.2, 0.25) is 5.02 Å². The number of anilines is 1. The van der Waals surface area contributed by atoms with Gasteiger partial charge in [-0.3, -0.25) is 9.59 Å². The summed E-state index contributed by atoms with van der Waals surface area (Å²) in [5.41, 5.74) is 4.18. The van der Waals surface area contributed by atoms with Gasteiger partial charge in [0.05, 0.1) is 38.4 Å². The number of carbonyl (C=O) groups excluding carboxylic acids is 2. The molecule has 5 rings (SSSR count). The molecule has 0 fully saturated rings. The molecular formula is C29H23ClN2O3S. The molecule has 0 saturated carbocycles. The number of aryl methyl sites for hydroxylation is 1. The molecule has 1 atom stereocenters. The van der Waals surface area contributed by atoms with Crippen molar-refractivity contribution in [2.75, 3.05) is 4.90 Å². The second kappa shape index (κ2) is 10.1. The van der Waals surface area contributed by atoms with E-state index >= 15 is 0 Å². The van der Waals surface area contributed by atoms with Gasteiger partial charge in [-0.15, -0.1) is 0 Å². The van der Waals surface area contributed by atoms with Gasteiger partial charge in [-0.05, 0) is 66.1 Å². The summed E-state index contributed by atoms with van der Waals surface area (Å²) < 4.78 is 13.6. The molecule has 1 heterocycles. The fourth-order valence-corrected chi connectivity index (χ4v) is 5.68. The molecule has 1 aliphatic heterocycles. The Hall–Kier alpha value is -3.74. The smallest absolute Gasteiger partial charge is 0.259 e. The highest BCUT2D eigenvalue weighted by atomic mass is 35.5. The standard InChI is InChI=1S/C29H23ClN2O3S/c1-19-6-2-3-7-22(19)18-32-25-16-21(28(33)31-17-20-10-13-23(30)14-11-20)12-15-27(25)36(35)26-9-5-4-8-24(26)29(32)34/h2-16H,17-18H2,1H3,(H,31,33)/t36-/m0/s1. The molecule has 4 aromatic rings. The molecular weight excluding hydrogens is 492 g/mol. The maximum absolute atomic E-state index is 13.8. The molecule has 5 nitrogen and oxygen atoms in total. The van der Waals surface area contributed by atoms with Gasteiger partial charge >= 0.3 is 0 Å². The Labute approximate surface area is 217 Å². The second-order valence-electron chi connectivity index (χ2n) is 8.57. The Morgan fingerprint density at radius 2 is 1.64 bits per heavy atom. The number of carbonyl (C=O) groups is 2. The normalized spacial score (nSPS) is 14.6. The first-order chi connectivity index (χ1) is 17.4. The molecule has 4 aromatic carbocycles. The highest BCUT2D eigenvalue weighted by molar-refractivity contribution is 7.85. The van der Waals surface area contributed by atoms with Crippen molar-refractivity contribution in [2.45, 2.75) is 29.8 Å². The molecule has 0 saturated heterocycles. The van der Waals surface area contributed by atoms with Crippen molar-refractivity contribution in [3.63, 3.8) is 0 Å². The number of fused-ring (bicyclic) bond motifs is 2. The van der Waals surface area contributed by atoms with Crippen LogP contribution in [0.15, 0.2) is 101 Å². The number of benzene rings is 4. The molecule has 0 bridgehead atoms. The van der Waals surface area contributed by atoms with E-state index in [1.165, 1.54) is 0 Å². The fraction of sp³-hybridized carbons (Fsp3) is 0.103. The summed E-state index contributed by atoms with van der Waals surface area (Å²) in [7, 11) is -1.58. The van der Waals surface area contributed by atoms with E-state index in [1.54, 1.807) is 59.5 Å². The number of halogens is 1. The minimum Gasteiger partial charge on any atom is -0.348 e. The highest BCUT2D eigenvalue weighted by Gasteiger charge is 2.31. The summed E-state index contributed by atoms with van der Waals surface area (Å²) in [6.45, 7) is 2.61. The molecule has 0 aromatic heterocycles. The summed E-state index contributed by atoms with van der Waals surface area (Å²) in [4.78, 5) is 29.4. The number of hydrogen-bond acceptors (Lipinski definition) is 3. The summed E-state index contributed by atoms with van der Waals surface area (Å²) in [5.74, 6) is -0.539. The predicted octanol–water partition coefficient (Wildman–Crippen LogP) is 5.91. The van der Waals surface area contributed by atoms with Crippen LogP contribution in [0.3, 0.4) is 0 Å². The van der Waals surface area contributed by atoms with Gasteiger partial charge in [0.2, 0.25) is 0 Å². The number of rotatable bonds is 5. The molecule has 2 amide bonds. The lowest BCUT2D eigenvalue weighted by Crippen LogP contribution is -2.31. The van der Waals surface area contributed by atoms with Crippen LogP contribution in [0.1, 0.15) is 37.4 Å². The molecule has 0 spiro atoms. The van der Waals surface area contributed by atoms with E-state index in [-0.39, 0.29) is 11.8 Å². The maximum Gasteiger partial charge on any atom is 0.259 e. The summed E-state index contributed by atoms with van der Waals surface area (Å²) in [6.07, 6.45) is 0. The van der Waals surface area contributed by atoms with Crippen molar-refractivity contribution in [2.24, 2.45) is 0 Å². The molecule has 0 aliphatic carbocycles. The number of amides is 2. The molecule has 1 N–H and O–H groups in total. The van der Waals surface area contributed by atoms with Crippen molar-refractivity contribution in [1.82, 2.24) is 5.32 Å². The van der Waals surface area contributed by atoms with E-state index in [2.05, 4.69) is 5.32 Å². The third-order valence-corrected chi connectivity index (χ3v) is 7.98. The van der Waals surface area contributed by atoms with Crippen molar-refractivity contribution in [3.05, 3.63) is 124 Å². The fourth-order valence-electron chi connectivity index (χ4n) is 4.21. The predicted molar refractivity (Wildman–Crippen MR) is 142 cm³/mol. The Bertz CT molecular complexity index is 1500. The van der Waals surface area contributed by atoms with Crippen LogP contribution in [-0.4, -0.2) is 16.0 Å². The van der Waals surface area contributed by atoms with Gasteiger partial charge in [-0.2, -0.15) is 0 Å². The maximum atomic E-state index is 13.8. The Kier molecular flexibility index (Phi) is 6.72. The van der Waals surface area contributed by atoms with Crippen molar-refractivity contribution in [1.29, 1.82) is 0 Å². The third kappa shape index (κ3) is 4.70. The van der Waals surface area contributed by atoms with Crippen LogP contribution in [0.25, 0.3) is 0 Å². The number of nitrogens with one attached hydrogen (secondary N) is 1. The first-order valence-electron chi connectivity index (χ1n) is 11.5. The van der Waals surface area contributed by atoms with Gasteiger partial charge < -0.3 is 10.2 Å². The van der Waals surface area contributed by atoms with Gasteiger partial charge in [0.1, 0.15) is 0 Å². The topological polar surface area (TPSA) is 66.5 Å². The van der Waals surface area contributed by atoms with Crippen molar-refractivity contribution >= 4 is 39.9 Å². The zero-order chi connectivity index (χ0) is 25.2. The van der Waals surface area contributed by atoms with Gasteiger partial charge in [0, 0.05) is 17.1 Å². The van der Waals surface area contributed by atoms with Crippen LogP contribution < -0.4 is 10.2 Å². The Morgan fingerprint density at radius 3 is 2.42 bits per heavy atom. The van der Waals surface area contributed by atoms with Crippen LogP contribution >= 0.6 is 11.6 Å². The Morgan fingerprint density at radius 1 is 0.917 bits per heavy atom. The minimum absolute atomic E-state index is 0.250. The average Bonchev–Trinajstić information content (AvgIpc) is 2.98. The van der Waals surface area contributed by atoms with E-state index in [1.807, 2.05) is 43.3 Å². The van der Waals surface area contributed by atoms with Crippen LogP contribution in [-0.2, 0) is 23.9 Å². The first kappa shape index (κ1) is 24.0. The van der Waals surface area contributed by atoms with Crippen molar-refractivity contribution in [3.8, 4) is 0 Å². The van der Waals surface area contributed by atoms with Crippen LogP contribution in [0.5, 0.6) is 0 Å². The van der Waals surface area contributed by atoms with Gasteiger partial charge in [0.15, 0.2) is 0 Å². The highest BCUT2D eigenvalue weighted by Crippen LogP contribution is 2.36. The zero-order valence-corrected chi connectivity index (χ0v) is 21.1. The monoisotopic (exact) mass is 514 g/mol. The van der Waals surface area contributed by atoms with Gasteiger partial charge in [-0.25, -0.2) is 4.21 Å². The minimum atomic E-state index is -1.58. The molecule has 1 aliphatic rings. The number of hydrogen-bond donors (Lipinski definition) is 1. The lowest BCUT2D eigenvalue weighted by atomic mass is 10.1. The Balaban J connectivity index is 1.54. The molecule has 36 heavy (non-hydrogen) atoms. The zero-order valence-electron chi connectivity index (χ0n) is 19.5. The average molecular weight is 515 g/mol. The van der Waals surface area contributed by atoms with Gasteiger partial charge in [0.25, 0.3) is 11.8 Å². The molecule has 180 valence electrons. The number of nitrogens with zero attached hydrogens (tertiary/aromatic N) is 1. The van der Waals surface area contributed by atoms with E-state index in [9.17, 15) is 13.8 Å². The second-order valence-corrected chi connectivity index (χ2v) is 10.4. The summed E-state index contributed by atoms with van der Waals surface area (Å²) in [6, 6.07) is 27.0. The van der Waals surface area contributed by atoms with E-state index < -0.39 is 10.8 Å². The SMILES string of the molecule is Cc1ccccc1CN1C(=O)c2ccccc2[S@](=O)c2ccc(C(=O)NCc3ccc(Cl)cc3)cc21. The lowest BCUT2D eigenvalue weighted by molar-refractivity contribution is 0.0947. The first-order valence-corrected chi connectivity index (χ1v) is 13.0. The largest absolute Gasteiger partial charge is 0.348 e.